The molecule has 2 atom stereocenters. The lowest BCUT2D eigenvalue weighted by atomic mass is 10.1. The zero-order chi connectivity index (χ0) is 13.5. The molecule has 18 heavy (non-hydrogen) atoms. The van der Waals surface area contributed by atoms with Crippen molar-refractivity contribution in [1.82, 2.24) is 10.6 Å². The van der Waals surface area contributed by atoms with Crippen LogP contribution in [0.25, 0.3) is 0 Å². The maximum atomic E-state index is 12.8. The third kappa shape index (κ3) is 4.30. The van der Waals surface area contributed by atoms with E-state index in [4.69, 9.17) is 0 Å². The predicted octanol–water partition coefficient (Wildman–Crippen LogP) is 2.17. The van der Waals surface area contributed by atoms with Gasteiger partial charge >= 0.3 is 0 Å². The summed E-state index contributed by atoms with van der Waals surface area (Å²) in [7, 11) is 0. The third-order valence-electron chi connectivity index (χ3n) is 2.68. The highest BCUT2D eigenvalue weighted by atomic mass is 19.1. The molecule has 4 heteroatoms. The first-order valence-corrected chi connectivity index (χ1v) is 5.94. The molecule has 1 amide bonds. The van der Waals surface area contributed by atoms with Gasteiger partial charge in [-0.05, 0) is 31.5 Å². The Bertz CT molecular complexity index is 403. The Kier molecular flexibility index (Phi) is 5.52. The fraction of sp³-hybridized carbons (Fsp3) is 0.357. The van der Waals surface area contributed by atoms with E-state index in [1.165, 1.54) is 12.1 Å². The Hall–Kier alpha value is -1.68. The van der Waals surface area contributed by atoms with Crippen molar-refractivity contribution in [3.63, 3.8) is 0 Å². The van der Waals surface area contributed by atoms with E-state index in [0.29, 0.717) is 6.54 Å². The van der Waals surface area contributed by atoms with E-state index in [1.807, 2.05) is 6.92 Å². The number of nitrogens with one attached hydrogen (secondary N) is 2. The summed E-state index contributed by atoms with van der Waals surface area (Å²) in [6, 6.07) is 5.91. The lowest BCUT2D eigenvalue weighted by molar-refractivity contribution is -0.122. The molecule has 0 spiro atoms. The van der Waals surface area contributed by atoms with Gasteiger partial charge in [-0.15, -0.1) is 6.58 Å². The van der Waals surface area contributed by atoms with Crippen molar-refractivity contribution < 1.29 is 9.18 Å². The van der Waals surface area contributed by atoms with Crippen LogP contribution in [-0.4, -0.2) is 18.5 Å². The van der Waals surface area contributed by atoms with Gasteiger partial charge in [0, 0.05) is 12.6 Å². The molecule has 0 aliphatic heterocycles. The smallest absolute Gasteiger partial charge is 0.237 e. The number of rotatable bonds is 6. The molecule has 98 valence electrons. The highest BCUT2D eigenvalue weighted by Gasteiger charge is 2.15. The molecule has 1 aromatic rings. The van der Waals surface area contributed by atoms with Gasteiger partial charge in [0.15, 0.2) is 0 Å². The van der Waals surface area contributed by atoms with Gasteiger partial charge in [0.25, 0.3) is 0 Å². The Labute approximate surface area is 107 Å². The number of hydrogen-bond acceptors (Lipinski definition) is 2. The van der Waals surface area contributed by atoms with E-state index in [1.54, 1.807) is 25.1 Å². The molecule has 2 N–H and O–H groups in total. The molecule has 3 nitrogen and oxygen atoms in total. The molecule has 0 heterocycles. The maximum Gasteiger partial charge on any atom is 0.237 e. The van der Waals surface area contributed by atoms with E-state index in [2.05, 4.69) is 17.2 Å². The van der Waals surface area contributed by atoms with Gasteiger partial charge in [-0.3, -0.25) is 10.1 Å². The summed E-state index contributed by atoms with van der Waals surface area (Å²) < 4.78 is 12.8. The molecular formula is C14H19FN2O. The minimum Gasteiger partial charge on any atom is -0.351 e. The third-order valence-corrected chi connectivity index (χ3v) is 2.68. The van der Waals surface area contributed by atoms with Crippen LogP contribution in [0.3, 0.4) is 0 Å². The van der Waals surface area contributed by atoms with Crippen LogP contribution in [0.1, 0.15) is 25.5 Å². The number of carbonyl (C=O) groups excluding carboxylic acids is 1. The Morgan fingerprint density at radius 2 is 2.00 bits per heavy atom. The average Bonchev–Trinajstić information content (AvgIpc) is 2.36. The summed E-state index contributed by atoms with van der Waals surface area (Å²) in [4.78, 5) is 11.6. The van der Waals surface area contributed by atoms with E-state index >= 15 is 0 Å². The zero-order valence-corrected chi connectivity index (χ0v) is 10.7. The number of halogens is 1. The van der Waals surface area contributed by atoms with Gasteiger partial charge in [-0.25, -0.2) is 4.39 Å². The van der Waals surface area contributed by atoms with Gasteiger partial charge in [-0.1, -0.05) is 18.2 Å². The number of carbonyl (C=O) groups is 1. The minimum atomic E-state index is -0.315. The standard InChI is InChI=1S/C14H19FN2O/c1-4-9-16-14(18)11(3)17-10(2)12-5-7-13(15)8-6-12/h4-8,10-11,17H,1,9H2,2-3H3,(H,16,18)/t10-,11?/m0/s1. The molecule has 0 saturated carbocycles. The second-order valence-electron chi connectivity index (χ2n) is 4.20. The summed E-state index contributed by atoms with van der Waals surface area (Å²) in [6.07, 6.45) is 1.63. The van der Waals surface area contributed by atoms with Crippen LogP contribution >= 0.6 is 0 Å². The van der Waals surface area contributed by atoms with Crippen LogP contribution in [0, 0.1) is 5.82 Å². The number of amides is 1. The number of hydrogen-bond donors (Lipinski definition) is 2. The van der Waals surface area contributed by atoms with Crippen molar-refractivity contribution in [2.45, 2.75) is 25.9 Å². The molecule has 1 unspecified atom stereocenters. The SMILES string of the molecule is C=CCNC(=O)C(C)N[C@@H](C)c1ccc(F)cc1. The summed E-state index contributed by atoms with van der Waals surface area (Å²) in [6.45, 7) is 7.72. The van der Waals surface area contributed by atoms with Crippen LogP contribution in [0.5, 0.6) is 0 Å². The first kappa shape index (κ1) is 14.4. The van der Waals surface area contributed by atoms with Gasteiger partial charge < -0.3 is 5.32 Å². The Morgan fingerprint density at radius 1 is 1.39 bits per heavy atom. The number of benzene rings is 1. The molecule has 0 aliphatic rings. The first-order valence-electron chi connectivity index (χ1n) is 5.94. The van der Waals surface area contributed by atoms with Crippen molar-refractivity contribution >= 4 is 5.91 Å². The molecule has 0 saturated heterocycles. The fourth-order valence-corrected chi connectivity index (χ4v) is 1.62. The van der Waals surface area contributed by atoms with Crippen molar-refractivity contribution in [2.75, 3.05) is 6.54 Å². The lowest BCUT2D eigenvalue weighted by Gasteiger charge is -2.19. The summed E-state index contributed by atoms with van der Waals surface area (Å²) in [5.41, 5.74) is 0.944. The van der Waals surface area contributed by atoms with Crippen LogP contribution in [-0.2, 0) is 4.79 Å². The van der Waals surface area contributed by atoms with Crippen LogP contribution in [0.2, 0.25) is 0 Å². The Balaban J connectivity index is 2.53. The second kappa shape index (κ2) is 6.91. The van der Waals surface area contributed by atoms with Crippen molar-refractivity contribution in [1.29, 1.82) is 0 Å². The molecule has 1 rings (SSSR count). The molecule has 0 radical (unpaired) electrons. The van der Waals surface area contributed by atoms with E-state index in [9.17, 15) is 9.18 Å². The largest absolute Gasteiger partial charge is 0.351 e. The van der Waals surface area contributed by atoms with Crippen LogP contribution < -0.4 is 10.6 Å². The summed E-state index contributed by atoms with van der Waals surface area (Å²) >= 11 is 0. The van der Waals surface area contributed by atoms with Gasteiger partial charge in [0.1, 0.15) is 5.82 Å². The minimum absolute atomic E-state index is 0.0184. The van der Waals surface area contributed by atoms with Gasteiger partial charge in [-0.2, -0.15) is 0 Å². The van der Waals surface area contributed by atoms with Crippen molar-refractivity contribution in [3.05, 3.63) is 48.3 Å². The average molecular weight is 250 g/mol. The fourth-order valence-electron chi connectivity index (χ4n) is 1.62. The van der Waals surface area contributed by atoms with Crippen LogP contribution in [0.15, 0.2) is 36.9 Å². The normalized spacial score (nSPS) is 13.7. The van der Waals surface area contributed by atoms with E-state index in [0.717, 1.165) is 5.56 Å². The maximum absolute atomic E-state index is 12.8. The molecule has 0 bridgehead atoms. The summed E-state index contributed by atoms with van der Waals surface area (Å²) in [5.74, 6) is -0.341. The molecule has 0 aliphatic carbocycles. The zero-order valence-electron chi connectivity index (χ0n) is 10.7. The topological polar surface area (TPSA) is 41.1 Å². The van der Waals surface area contributed by atoms with Crippen molar-refractivity contribution in [3.8, 4) is 0 Å². The lowest BCUT2D eigenvalue weighted by Crippen LogP contribution is -2.43. The first-order chi connectivity index (χ1) is 8.54. The quantitative estimate of drug-likeness (QED) is 0.760. The van der Waals surface area contributed by atoms with Crippen molar-refractivity contribution in [2.24, 2.45) is 0 Å². The van der Waals surface area contributed by atoms with E-state index < -0.39 is 0 Å². The van der Waals surface area contributed by atoms with Gasteiger partial charge in [0.2, 0.25) is 5.91 Å². The monoisotopic (exact) mass is 250 g/mol. The molecule has 0 fully saturated rings. The van der Waals surface area contributed by atoms with E-state index in [-0.39, 0.29) is 23.8 Å². The van der Waals surface area contributed by atoms with Crippen LogP contribution in [0.4, 0.5) is 4.39 Å². The molecular weight excluding hydrogens is 231 g/mol. The highest BCUT2D eigenvalue weighted by molar-refractivity contribution is 5.81. The molecule has 1 aromatic carbocycles. The van der Waals surface area contributed by atoms with Gasteiger partial charge in [0.05, 0.1) is 6.04 Å². The Morgan fingerprint density at radius 3 is 2.56 bits per heavy atom. The highest BCUT2D eigenvalue weighted by Crippen LogP contribution is 2.13. The second-order valence-corrected chi connectivity index (χ2v) is 4.20. The molecule has 0 aromatic heterocycles. The summed E-state index contributed by atoms with van der Waals surface area (Å²) in [5, 5.41) is 5.87. The predicted molar refractivity (Wildman–Crippen MR) is 70.6 cm³/mol.